The molecule has 2 fully saturated rings. The van der Waals surface area contributed by atoms with E-state index in [1.54, 1.807) is 0 Å². The average molecular weight is 284 g/mol. The fourth-order valence-electron chi connectivity index (χ4n) is 4.10. The number of hydrogen-bond acceptors (Lipinski definition) is 3. The maximum absolute atomic E-state index is 10.3. The van der Waals surface area contributed by atoms with Crippen molar-refractivity contribution >= 4 is 0 Å². The molecule has 1 N–H and O–H groups in total. The van der Waals surface area contributed by atoms with Gasteiger partial charge in [0, 0.05) is 18.5 Å². The van der Waals surface area contributed by atoms with Crippen molar-refractivity contribution in [3.05, 3.63) is 35.4 Å². The third kappa shape index (κ3) is 3.28. The van der Waals surface area contributed by atoms with E-state index in [1.165, 1.54) is 37.7 Å². The number of benzene rings is 1. The maximum Gasteiger partial charge on any atom is 0.0991 e. The molecule has 112 valence electrons. The Labute approximate surface area is 127 Å². The second-order valence-corrected chi connectivity index (χ2v) is 6.51. The van der Waals surface area contributed by atoms with Crippen LogP contribution in [0.15, 0.2) is 24.3 Å². The largest absolute Gasteiger partial charge is 0.393 e. The molecular formula is C18H24N2O. The Hall–Kier alpha value is -1.37. The molecule has 3 unspecified atom stereocenters. The zero-order chi connectivity index (χ0) is 14.7. The van der Waals surface area contributed by atoms with E-state index in [9.17, 15) is 5.11 Å². The maximum atomic E-state index is 10.3. The molecule has 0 bridgehead atoms. The van der Waals surface area contributed by atoms with Gasteiger partial charge in [0.25, 0.3) is 0 Å². The Morgan fingerprint density at radius 1 is 1.19 bits per heavy atom. The zero-order valence-corrected chi connectivity index (χ0v) is 12.5. The van der Waals surface area contributed by atoms with Gasteiger partial charge >= 0.3 is 0 Å². The highest BCUT2D eigenvalue weighted by Gasteiger charge is 2.36. The molecule has 1 heterocycles. The quantitative estimate of drug-likeness (QED) is 0.928. The van der Waals surface area contributed by atoms with Crippen LogP contribution < -0.4 is 0 Å². The average Bonchev–Trinajstić information content (AvgIpc) is 2.96. The summed E-state index contributed by atoms with van der Waals surface area (Å²) in [5.74, 6) is 0.445. The summed E-state index contributed by atoms with van der Waals surface area (Å²) in [5.41, 5.74) is 1.95. The summed E-state index contributed by atoms with van der Waals surface area (Å²) in [7, 11) is 0. The van der Waals surface area contributed by atoms with Crippen LogP contribution in [0.5, 0.6) is 0 Å². The summed E-state index contributed by atoms with van der Waals surface area (Å²) >= 11 is 0. The molecule has 1 aliphatic carbocycles. The van der Waals surface area contributed by atoms with E-state index in [2.05, 4.69) is 17.0 Å². The second kappa shape index (κ2) is 6.60. The lowest BCUT2D eigenvalue weighted by Crippen LogP contribution is -2.42. The fourth-order valence-corrected chi connectivity index (χ4v) is 4.10. The third-order valence-corrected chi connectivity index (χ3v) is 5.13. The molecule has 3 nitrogen and oxygen atoms in total. The first kappa shape index (κ1) is 14.6. The molecule has 0 radical (unpaired) electrons. The highest BCUT2D eigenvalue weighted by atomic mass is 16.3. The molecule has 21 heavy (non-hydrogen) atoms. The summed E-state index contributed by atoms with van der Waals surface area (Å²) in [5, 5.41) is 19.3. The van der Waals surface area contributed by atoms with Crippen LogP contribution in [0.2, 0.25) is 0 Å². The first-order valence-corrected chi connectivity index (χ1v) is 8.19. The molecule has 1 aromatic carbocycles. The van der Waals surface area contributed by atoms with Gasteiger partial charge in [-0.25, -0.2) is 0 Å². The highest BCUT2D eigenvalue weighted by Crippen LogP contribution is 2.35. The Morgan fingerprint density at radius 2 is 2.05 bits per heavy atom. The first-order valence-electron chi connectivity index (χ1n) is 8.19. The predicted molar refractivity (Wildman–Crippen MR) is 82.6 cm³/mol. The van der Waals surface area contributed by atoms with Gasteiger partial charge in [0.2, 0.25) is 0 Å². The smallest absolute Gasteiger partial charge is 0.0991 e. The fraction of sp³-hybridized carbons (Fsp3) is 0.611. The predicted octanol–water partition coefficient (Wildman–Crippen LogP) is 3.07. The van der Waals surface area contributed by atoms with Gasteiger partial charge in [0.05, 0.1) is 17.7 Å². The van der Waals surface area contributed by atoms with Gasteiger partial charge in [-0.1, -0.05) is 25.0 Å². The molecule has 2 aliphatic rings. The molecule has 0 amide bonds. The number of aliphatic hydroxyl groups excluding tert-OH is 1. The van der Waals surface area contributed by atoms with E-state index in [0.29, 0.717) is 12.0 Å². The minimum absolute atomic E-state index is 0.116. The van der Waals surface area contributed by atoms with Crippen molar-refractivity contribution in [2.45, 2.75) is 57.2 Å². The van der Waals surface area contributed by atoms with E-state index in [1.807, 2.05) is 18.2 Å². The molecule has 3 heteroatoms. The number of rotatable bonds is 3. The molecule has 1 aromatic rings. The van der Waals surface area contributed by atoms with E-state index < -0.39 is 0 Å². The third-order valence-electron chi connectivity index (χ3n) is 5.13. The van der Waals surface area contributed by atoms with Gasteiger partial charge in [0.1, 0.15) is 0 Å². The molecule has 3 atom stereocenters. The van der Waals surface area contributed by atoms with Crippen LogP contribution in [0.25, 0.3) is 0 Å². The van der Waals surface area contributed by atoms with Crippen molar-refractivity contribution in [1.82, 2.24) is 4.90 Å². The summed E-state index contributed by atoms with van der Waals surface area (Å²) in [6.07, 6.45) is 6.89. The van der Waals surface area contributed by atoms with Crippen molar-refractivity contribution in [2.24, 2.45) is 5.92 Å². The highest BCUT2D eigenvalue weighted by molar-refractivity contribution is 5.32. The molecule has 0 spiro atoms. The summed E-state index contributed by atoms with van der Waals surface area (Å²) in [4.78, 5) is 2.52. The lowest BCUT2D eigenvalue weighted by Gasteiger charge is -2.37. The lowest BCUT2D eigenvalue weighted by atomic mass is 9.80. The Balaban J connectivity index is 1.70. The van der Waals surface area contributed by atoms with Crippen molar-refractivity contribution in [2.75, 3.05) is 6.54 Å². The van der Waals surface area contributed by atoms with Crippen LogP contribution >= 0.6 is 0 Å². The SMILES string of the molecule is N#Cc1cccc(CN2CCCC2C2CCCCC2O)c1. The summed E-state index contributed by atoms with van der Waals surface area (Å²) < 4.78 is 0. The van der Waals surface area contributed by atoms with Gasteiger partial charge in [-0.05, 0) is 49.9 Å². The zero-order valence-electron chi connectivity index (χ0n) is 12.5. The minimum atomic E-state index is -0.116. The van der Waals surface area contributed by atoms with Crippen molar-refractivity contribution < 1.29 is 5.11 Å². The summed E-state index contributed by atoms with van der Waals surface area (Å²) in [6, 6.07) is 10.7. The Bertz CT molecular complexity index is 522. The Kier molecular flexibility index (Phi) is 4.57. The van der Waals surface area contributed by atoms with Crippen LogP contribution in [0.1, 0.15) is 49.7 Å². The van der Waals surface area contributed by atoms with Crippen LogP contribution in [-0.2, 0) is 6.54 Å². The molecule has 0 aromatic heterocycles. The monoisotopic (exact) mass is 284 g/mol. The summed E-state index contributed by atoms with van der Waals surface area (Å²) in [6.45, 7) is 2.02. The molecular weight excluding hydrogens is 260 g/mol. The molecule has 1 saturated heterocycles. The van der Waals surface area contributed by atoms with Crippen molar-refractivity contribution in [3.8, 4) is 6.07 Å². The van der Waals surface area contributed by atoms with Gasteiger partial charge in [-0.15, -0.1) is 0 Å². The number of hydrogen-bond donors (Lipinski definition) is 1. The van der Waals surface area contributed by atoms with Gasteiger partial charge in [-0.2, -0.15) is 5.26 Å². The number of likely N-dealkylation sites (tertiary alicyclic amines) is 1. The first-order chi connectivity index (χ1) is 10.3. The van der Waals surface area contributed by atoms with Gasteiger partial charge in [0.15, 0.2) is 0 Å². The van der Waals surface area contributed by atoms with E-state index in [4.69, 9.17) is 5.26 Å². The Morgan fingerprint density at radius 3 is 2.86 bits per heavy atom. The van der Waals surface area contributed by atoms with Crippen molar-refractivity contribution in [1.29, 1.82) is 5.26 Å². The number of nitrogens with zero attached hydrogens (tertiary/aromatic N) is 2. The van der Waals surface area contributed by atoms with Crippen LogP contribution in [0, 0.1) is 17.2 Å². The standard InChI is InChI=1S/C18H24N2O/c19-12-14-5-3-6-15(11-14)13-20-10-4-8-17(20)16-7-1-2-9-18(16)21/h3,5-6,11,16-18,21H,1-2,4,7-10,13H2. The molecule has 3 rings (SSSR count). The molecule has 1 saturated carbocycles. The van der Waals surface area contributed by atoms with Crippen LogP contribution in [-0.4, -0.2) is 28.7 Å². The van der Waals surface area contributed by atoms with E-state index in [0.717, 1.165) is 25.1 Å². The van der Waals surface area contributed by atoms with E-state index >= 15 is 0 Å². The van der Waals surface area contributed by atoms with Gasteiger partial charge in [-0.3, -0.25) is 4.90 Å². The minimum Gasteiger partial charge on any atom is -0.393 e. The van der Waals surface area contributed by atoms with Crippen LogP contribution in [0.4, 0.5) is 0 Å². The normalized spacial score (nSPS) is 30.2. The second-order valence-electron chi connectivity index (χ2n) is 6.51. The molecule has 1 aliphatic heterocycles. The van der Waals surface area contributed by atoms with Gasteiger partial charge < -0.3 is 5.11 Å². The topological polar surface area (TPSA) is 47.3 Å². The lowest BCUT2D eigenvalue weighted by molar-refractivity contribution is 0.0201. The number of aliphatic hydroxyl groups is 1. The van der Waals surface area contributed by atoms with E-state index in [-0.39, 0.29) is 6.10 Å². The number of nitriles is 1. The van der Waals surface area contributed by atoms with Crippen molar-refractivity contribution in [3.63, 3.8) is 0 Å². The van der Waals surface area contributed by atoms with Crippen LogP contribution in [0.3, 0.4) is 0 Å².